The lowest BCUT2D eigenvalue weighted by molar-refractivity contribution is 0.0688. The van der Waals surface area contributed by atoms with Crippen LogP contribution < -0.4 is 5.32 Å². The number of thiophene rings is 1. The van der Waals surface area contributed by atoms with Crippen molar-refractivity contribution in [2.75, 3.05) is 13.1 Å². The zero-order valence-corrected chi connectivity index (χ0v) is 11.8. The molecular formula is C13H16N4O2S. The quantitative estimate of drug-likeness (QED) is 0.894. The number of piperidine rings is 1. The summed E-state index contributed by atoms with van der Waals surface area (Å²) in [6, 6.07) is 2.03. The second-order valence-electron chi connectivity index (χ2n) is 4.94. The van der Waals surface area contributed by atoms with E-state index in [0.29, 0.717) is 6.54 Å². The molecular weight excluding hydrogens is 276 g/mol. The Morgan fingerprint density at radius 3 is 2.95 bits per heavy atom. The van der Waals surface area contributed by atoms with Crippen LogP contribution in [0.5, 0.6) is 0 Å². The topological polar surface area (TPSA) is 80.0 Å². The number of nitrogens with zero attached hydrogens (tertiary/aromatic N) is 3. The third-order valence-electron chi connectivity index (χ3n) is 3.61. The van der Waals surface area contributed by atoms with Crippen LogP contribution in [0, 0.1) is 0 Å². The Morgan fingerprint density at radius 1 is 1.50 bits per heavy atom. The van der Waals surface area contributed by atoms with E-state index in [1.54, 1.807) is 16.0 Å². The maximum Gasteiger partial charge on any atom is 0.358 e. The van der Waals surface area contributed by atoms with Crippen LogP contribution in [0.25, 0.3) is 0 Å². The third-order valence-corrected chi connectivity index (χ3v) is 4.35. The first-order valence-corrected chi connectivity index (χ1v) is 7.58. The Bertz CT molecular complexity index is 588. The van der Waals surface area contributed by atoms with Gasteiger partial charge in [-0.1, -0.05) is 5.21 Å². The van der Waals surface area contributed by atoms with Crippen LogP contribution in [0.15, 0.2) is 16.8 Å². The Morgan fingerprint density at radius 2 is 2.30 bits per heavy atom. The lowest BCUT2D eigenvalue weighted by atomic mass is 9.93. The van der Waals surface area contributed by atoms with Crippen LogP contribution in [0.2, 0.25) is 0 Å². The summed E-state index contributed by atoms with van der Waals surface area (Å²) in [5.41, 5.74) is 2.00. The molecule has 3 heterocycles. The van der Waals surface area contributed by atoms with Gasteiger partial charge in [0.1, 0.15) is 0 Å². The molecule has 0 unspecified atom stereocenters. The van der Waals surface area contributed by atoms with Crippen molar-refractivity contribution < 1.29 is 9.90 Å². The highest BCUT2D eigenvalue weighted by Gasteiger charge is 2.27. The molecule has 0 aliphatic carbocycles. The SMILES string of the molecule is O=C(O)c1nnn(Cc2ccsc2)c1C1CCNCC1. The normalized spacial score (nSPS) is 16.4. The molecule has 2 aromatic rings. The third kappa shape index (κ3) is 2.59. The van der Waals surface area contributed by atoms with Crippen LogP contribution in [-0.4, -0.2) is 39.2 Å². The molecule has 0 saturated carbocycles. The summed E-state index contributed by atoms with van der Waals surface area (Å²) in [4.78, 5) is 11.4. The average molecular weight is 292 g/mol. The molecule has 0 atom stereocenters. The molecule has 0 bridgehead atoms. The fourth-order valence-corrected chi connectivity index (χ4v) is 3.30. The first kappa shape index (κ1) is 13.3. The van der Waals surface area contributed by atoms with Gasteiger partial charge < -0.3 is 10.4 Å². The molecule has 0 aromatic carbocycles. The predicted octanol–water partition coefficient (Wildman–Crippen LogP) is 1.55. The molecule has 0 amide bonds. The van der Waals surface area contributed by atoms with Gasteiger partial charge in [0.15, 0.2) is 5.69 Å². The van der Waals surface area contributed by atoms with Gasteiger partial charge in [0, 0.05) is 5.92 Å². The van der Waals surface area contributed by atoms with E-state index < -0.39 is 5.97 Å². The molecule has 2 aromatic heterocycles. The fourth-order valence-electron chi connectivity index (χ4n) is 2.64. The summed E-state index contributed by atoms with van der Waals surface area (Å²) < 4.78 is 1.75. The van der Waals surface area contributed by atoms with E-state index >= 15 is 0 Å². The number of nitrogens with one attached hydrogen (secondary N) is 1. The smallest absolute Gasteiger partial charge is 0.358 e. The standard InChI is InChI=1S/C13H16N4O2S/c18-13(19)11-12(10-1-4-14-5-2-10)17(16-15-11)7-9-3-6-20-8-9/h3,6,8,10,14H,1-2,4-5,7H2,(H,18,19). The first-order valence-electron chi connectivity index (χ1n) is 6.64. The highest BCUT2D eigenvalue weighted by Crippen LogP contribution is 2.27. The van der Waals surface area contributed by atoms with E-state index in [9.17, 15) is 9.90 Å². The molecule has 1 aliphatic rings. The van der Waals surface area contributed by atoms with E-state index in [1.807, 2.05) is 16.8 Å². The minimum Gasteiger partial charge on any atom is -0.476 e. The van der Waals surface area contributed by atoms with Gasteiger partial charge in [0.05, 0.1) is 12.2 Å². The van der Waals surface area contributed by atoms with Crippen molar-refractivity contribution in [1.29, 1.82) is 0 Å². The zero-order chi connectivity index (χ0) is 13.9. The highest BCUT2D eigenvalue weighted by molar-refractivity contribution is 7.07. The van der Waals surface area contributed by atoms with E-state index in [0.717, 1.165) is 37.2 Å². The summed E-state index contributed by atoms with van der Waals surface area (Å²) >= 11 is 1.63. The second-order valence-corrected chi connectivity index (χ2v) is 5.72. The van der Waals surface area contributed by atoms with E-state index in [-0.39, 0.29) is 11.6 Å². The summed E-state index contributed by atoms with van der Waals surface area (Å²) in [5, 5.41) is 24.6. The monoisotopic (exact) mass is 292 g/mol. The van der Waals surface area contributed by atoms with E-state index in [4.69, 9.17) is 0 Å². The van der Waals surface area contributed by atoms with Crippen LogP contribution in [0.3, 0.4) is 0 Å². The number of hydrogen-bond acceptors (Lipinski definition) is 5. The Hall–Kier alpha value is -1.73. The van der Waals surface area contributed by atoms with Crippen molar-refractivity contribution in [3.05, 3.63) is 33.8 Å². The van der Waals surface area contributed by atoms with E-state index in [1.165, 1.54) is 0 Å². The number of aromatic carboxylic acids is 1. The van der Waals surface area contributed by atoms with Gasteiger partial charge >= 0.3 is 5.97 Å². The van der Waals surface area contributed by atoms with E-state index in [2.05, 4.69) is 15.6 Å². The predicted molar refractivity (Wildman–Crippen MR) is 75.2 cm³/mol. The molecule has 6 nitrogen and oxygen atoms in total. The van der Waals surface area contributed by atoms with Crippen molar-refractivity contribution in [2.24, 2.45) is 0 Å². The molecule has 0 radical (unpaired) electrons. The van der Waals surface area contributed by atoms with Crippen LogP contribution >= 0.6 is 11.3 Å². The minimum atomic E-state index is -0.991. The van der Waals surface area contributed by atoms with Gasteiger partial charge in [0.25, 0.3) is 0 Å². The average Bonchev–Trinajstić information content (AvgIpc) is 3.09. The molecule has 1 fully saturated rings. The molecule has 20 heavy (non-hydrogen) atoms. The lowest BCUT2D eigenvalue weighted by Crippen LogP contribution is -2.28. The molecule has 1 saturated heterocycles. The van der Waals surface area contributed by atoms with Crippen molar-refractivity contribution in [2.45, 2.75) is 25.3 Å². The molecule has 7 heteroatoms. The maximum atomic E-state index is 11.4. The highest BCUT2D eigenvalue weighted by atomic mass is 32.1. The molecule has 106 valence electrons. The summed E-state index contributed by atoms with van der Waals surface area (Å²) in [6.45, 7) is 2.41. The van der Waals surface area contributed by atoms with Gasteiger partial charge in [0.2, 0.25) is 0 Å². The van der Waals surface area contributed by atoms with Crippen molar-refractivity contribution in [3.8, 4) is 0 Å². The Labute approximate surface area is 120 Å². The lowest BCUT2D eigenvalue weighted by Gasteiger charge is -2.23. The largest absolute Gasteiger partial charge is 0.476 e. The zero-order valence-electron chi connectivity index (χ0n) is 11.0. The number of rotatable bonds is 4. The Balaban J connectivity index is 1.94. The number of carboxylic acid groups (broad SMARTS) is 1. The number of aromatic nitrogens is 3. The van der Waals surface area contributed by atoms with Crippen molar-refractivity contribution in [1.82, 2.24) is 20.3 Å². The molecule has 2 N–H and O–H groups in total. The van der Waals surface area contributed by atoms with Gasteiger partial charge in [-0.3, -0.25) is 0 Å². The first-order chi connectivity index (χ1) is 9.75. The molecule has 0 spiro atoms. The van der Waals surface area contributed by atoms with Gasteiger partial charge in [-0.2, -0.15) is 11.3 Å². The number of carboxylic acids is 1. The van der Waals surface area contributed by atoms with Gasteiger partial charge in [-0.15, -0.1) is 5.10 Å². The van der Waals surface area contributed by atoms with Crippen molar-refractivity contribution >= 4 is 17.3 Å². The summed E-state index contributed by atoms with van der Waals surface area (Å²) in [5.74, 6) is -0.772. The summed E-state index contributed by atoms with van der Waals surface area (Å²) in [7, 11) is 0. The maximum absolute atomic E-state index is 11.4. The van der Waals surface area contributed by atoms with Crippen LogP contribution in [0.1, 0.15) is 40.5 Å². The molecule has 3 rings (SSSR count). The summed E-state index contributed by atoms with van der Waals surface area (Å²) in [6.07, 6.45) is 1.86. The van der Waals surface area contributed by atoms with Crippen molar-refractivity contribution in [3.63, 3.8) is 0 Å². The number of carbonyl (C=O) groups is 1. The van der Waals surface area contributed by atoms with Gasteiger partial charge in [-0.25, -0.2) is 9.48 Å². The van der Waals surface area contributed by atoms with Crippen LogP contribution in [0.4, 0.5) is 0 Å². The Kier molecular flexibility index (Phi) is 3.79. The van der Waals surface area contributed by atoms with Crippen LogP contribution in [-0.2, 0) is 6.54 Å². The fraction of sp³-hybridized carbons (Fsp3) is 0.462. The minimum absolute atomic E-state index is 0.104. The molecule has 1 aliphatic heterocycles. The number of hydrogen-bond donors (Lipinski definition) is 2. The van der Waals surface area contributed by atoms with Gasteiger partial charge in [-0.05, 0) is 48.3 Å². The second kappa shape index (κ2) is 5.72.